The van der Waals surface area contributed by atoms with Crippen molar-refractivity contribution in [2.45, 2.75) is 19.0 Å². The predicted octanol–water partition coefficient (Wildman–Crippen LogP) is 5.40. The first kappa shape index (κ1) is 17.4. The number of para-hydroxylation sites is 1. The molecule has 6 heteroatoms. The lowest BCUT2D eigenvalue weighted by molar-refractivity contribution is -0.114. The van der Waals surface area contributed by atoms with E-state index in [0.717, 1.165) is 0 Å². The van der Waals surface area contributed by atoms with E-state index in [1.54, 1.807) is 43.3 Å². The average molecular weight is 340 g/mol. The molecule has 0 aromatic heterocycles. The Morgan fingerprint density at radius 1 is 1.09 bits per heavy atom. The number of alkyl halides is 3. The second-order valence-corrected chi connectivity index (χ2v) is 5.91. The van der Waals surface area contributed by atoms with Crippen LogP contribution < -0.4 is 4.74 Å². The van der Waals surface area contributed by atoms with Crippen LogP contribution >= 0.6 is 11.8 Å². The van der Waals surface area contributed by atoms with Gasteiger partial charge in [0.1, 0.15) is 11.5 Å². The molecule has 0 radical (unpaired) electrons. The Bertz CT molecular complexity index is 656. The third kappa shape index (κ3) is 5.63. The highest BCUT2D eigenvalue weighted by atomic mass is 32.2. The maximum absolute atomic E-state index is 12.2. The Morgan fingerprint density at radius 2 is 1.74 bits per heavy atom. The van der Waals surface area contributed by atoms with Gasteiger partial charge in [0, 0.05) is 0 Å². The van der Waals surface area contributed by atoms with Crippen LogP contribution in [0.3, 0.4) is 0 Å². The molecule has 0 fully saturated rings. The molecule has 0 saturated heterocycles. The van der Waals surface area contributed by atoms with Crippen molar-refractivity contribution in [2.24, 2.45) is 0 Å². The van der Waals surface area contributed by atoms with Crippen LogP contribution in [-0.2, 0) is 4.79 Å². The predicted molar refractivity (Wildman–Crippen MR) is 84.9 cm³/mol. The lowest BCUT2D eigenvalue weighted by atomic mass is 10.0. The van der Waals surface area contributed by atoms with Crippen molar-refractivity contribution in [1.29, 1.82) is 0 Å². The molecule has 0 heterocycles. The molecule has 0 amide bonds. The number of halogens is 3. The number of rotatable bonds is 5. The van der Waals surface area contributed by atoms with Crippen molar-refractivity contribution in [3.05, 3.63) is 60.2 Å². The van der Waals surface area contributed by atoms with Gasteiger partial charge < -0.3 is 4.74 Å². The van der Waals surface area contributed by atoms with Crippen LogP contribution in [0.4, 0.5) is 13.2 Å². The lowest BCUT2D eigenvalue weighted by Gasteiger charge is -2.13. The highest BCUT2D eigenvalue weighted by Crippen LogP contribution is 2.30. The molecule has 23 heavy (non-hydrogen) atoms. The number of carbonyl (C=O) groups excluding carboxylic acids is 1. The molecule has 0 N–H and O–H groups in total. The number of hydrogen-bond donors (Lipinski definition) is 0. The topological polar surface area (TPSA) is 26.3 Å². The summed E-state index contributed by atoms with van der Waals surface area (Å²) in [6.45, 7) is 1.59. The summed E-state index contributed by atoms with van der Waals surface area (Å²) in [6.07, 6.45) is -4.35. The Kier molecular flexibility index (Phi) is 5.71. The first-order chi connectivity index (χ1) is 10.8. The molecule has 2 nitrogen and oxygen atoms in total. The minimum absolute atomic E-state index is 0.291. The van der Waals surface area contributed by atoms with Gasteiger partial charge in [-0.3, -0.25) is 4.79 Å². The molecule has 2 rings (SSSR count). The monoisotopic (exact) mass is 340 g/mol. The van der Waals surface area contributed by atoms with Gasteiger partial charge >= 0.3 is 6.18 Å². The first-order valence-corrected chi connectivity index (χ1v) is 7.90. The van der Waals surface area contributed by atoms with Crippen LogP contribution in [-0.4, -0.2) is 17.0 Å². The Labute approximate surface area is 136 Å². The van der Waals surface area contributed by atoms with Crippen LogP contribution in [0.25, 0.3) is 0 Å². The largest absolute Gasteiger partial charge is 0.457 e. The zero-order chi connectivity index (χ0) is 16.9. The normalized spacial score (nSPS) is 12.7. The van der Waals surface area contributed by atoms with Gasteiger partial charge in [-0.2, -0.15) is 13.2 Å². The van der Waals surface area contributed by atoms with E-state index in [1.165, 1.54) is 0 Å². The summed E-state index contributed by atoms with van der Waals surface area (Å²) in [5, 5.41) is -0.515. The van der Waals surface area contributed by atoms with Crippen molar-refractivity contribution >= 4 is 16.9 Å². The van der Waals surface area contributed by atoms with E-state index in [4.69, 9.17) is 4.74 Å². The summed E-state index contributed by atoms with van der Waals surface area (Å²) < 4.78 is 42.3. The quantitative estimate of drug-likeness (QED) is 0.728. The van der Waals surface area contributed by atoms with Gasteiger partial charge in [-0.15, -0.1) is 0 Å². The number of carbonyl (C=O) groups is 1. The van der Waals surface area contributed by atoms with Crippen molar-refractivity contribution in [2.75, 3.05) is 5.75 Å². The first-order valence-electron chi connectivity index (χ1n) is 6.91. The van der Waals surface area contributed by atoms with Gasteiger partial charge in [0.05, 0.1) is 11.7 Å². The summed E-state index contributed by atoms with van der Waals surface area (Å²) in [5.74, 6) is -0.623. The van der Waals surface area contributed by atoms with E-state index in [1.807, 2.05) is 18.2 Å². The Hall–Kier alpha value is -1.95. The Morgan fingerprint density at radius 3 is 2.39 bits per heavy atom. The van der Waals surface area contributed by atoms with E-state index < -0.39 is 23.0 Å². The van der Waals surface area contributed by atoms with Gasteiger partial charge in [-0.1, -0.05) is 49.0 Å². The maximum atomic E-state index is 12.2. The van der Waals surface area contributed by atoms with E-state index in [0.29, 0.717) is 28.8 Å². The van der Waals surface area contributed by atoms with Crippen LogP contribution in [0.15, 0.2) is 54.6 Å². The fourth-order valence-electron chi connectivity index (χ4n) is 1.89. The van der Waals surface area contributed by atoms with Crippen molar-refractivity contribution in [1.82, 2.24) is 0 Å². The molecular weight excluding hydrogens is 325 g/mol. The van der Waals surface area contributed by atoms with Gasteiger partial charge in [0.15, 0.2) is 5.12 Å². The third-order valence-electron chi connectivity index (χ3n) is 3.07. The number of benzene rings is 2. The van der Waals surface area contributed by atoms with Gasteiger partial charge in [-0.05, 0) is 29.8 Å². The fourth-order valence-corrected chi connectivity index (χ4v) is 2.58. The summed E-state index contributed by atoms with van der Waals surface area (Å²) in [6, 6.07) is 15.9. The minimum atomic E-state index is -4.35. The van der Waals surface area contributed by atoms with Crippen molar-refractivity contribution in [3.8, 4) is 11.5 Å². The van der Waals surface area contributed by atoms with Gasteiger partial charge in [-0.25, -0.2) is 0 Å². The summed E-state index contributed by atoms with van der Waals surface area (Å²) in [5.41, 5.74) is 0.623. The molecule has 2 aromatic rings. The summed E-state index contributed by atoms with van der Waals surface area (Å²) in [4.78, 5) is 11.9. The second kappa shape index (κ2) is 7.55. The number of ether oxygens (including phenoxy) is 1. The molecule has 0 spiro atoms. The zero-order valence-corrected chi connectivity index (χ0v) is 13.2. The third-order valence-corrected chi connectivity index (χ3v) is 4.18. The van der Waals surface area contributed by atoms with Crippen LogP contribution in [0.5, 0.6) is 11.5 Å². The standard InChI is InChI=1S/C17H15F3O2S/c1-12(16(21)23-11-17(18,19)20)13-6-5-9-15(10-13)22-14-7-3-2-4-8-14/h2-10,12H,11H2,1H3/t12-/m0/s1. The van der Waals surface area contributed by atoms with Crippen molar-refractivity contribution in [3.63, 3.8) is 0 Å². The fraction of sp³-hybridized carbons (Fsp3) is 0.235. The van der Waals surface area contributed by atoms with E-state index in [2.05, 4.69) is 0 Å². The molecule has 0 saturated carbocycles. The van der Waals surface area contributed by atoms with E-state index in [9.17, 15) is 18.0 Å². The molecule has 1 atom stereocenters. The molecule has 122 valence electrons. The maximum Gasteiger partial charge on any atom is 0.398 e. The molecule has 0 aliphatic rings. The molecule has 2 aromatic carbocycles. The second-order valence-electron chi connectivity index (χ2n) is 4.93. The smallest absolute Gasteiger partial charge is 0.398 e. The molecule has 0 unspecified atom stereocenters. The SMILES string of the molecule is C[C@H](C(=O)SCC(F)(F)F)c1cccc(Oc2ccccc2)c1. The summed E-state index contributed by atoms with van der Waals surface area (Å²) in [7, 11) is 0. The molecular formula is C17H15F3O2S. The zero-order valence-electron chi connectivity index (χ0n) is 12.3. The number of hydrogen-bond acceptors (Lipinski definition) is 3. The summed E-state index contributed by atoms with van der Waals surface area (Å²) >= 11 is 0.291. The van der Waals surface area contributed by atoms with Gasteiger partial charge in [0.25, 0.3) is 0 Å². The van der Waals surface area contributed by atoms with Crippen LogP contribution in [0.1, 0.15) is 18.4 Å². The molecule has 0 aliphatic carbocycles. The van der Waals surface area contributed by atoms with Crippen LogP contribution in [0, 0.1) is 0 Å². The van der Waals surface area contributed by atoms with Crippen LogP contribution in [0.2, 0.25) is 0 Å². The Balaban J connectivity index is 2.05. The van der Waals surface area contributed by atoms with Crippen molar-refractivity contribution < 1.29 is 22.7 Å². The van der Waals surface area contributed by atoms with E-state index >= 15 is 0 Å². The van der Waals surface area contributed by atoms with E-state index in [-0.39, 0.29) is 0 Å². The molecule has 0 bridgehead atoms. The average Bonchev–Trinajstić information content (AvgIpc) is 2.52. The lowest BCUT2D eigenvalue weighted by Crippen LogP contribution is -2.15. The molecule has 0 aliphatic heterocycles. The highest BCUT2D eigenvalue weighted by Gasteiger charge is 2.30. The van der Waals surface area contributed by atoms with Gasteiger partial charge in [0.2, 0.25) is 0 Å². The minimum Gasteiger partial charge on any atom is -0.457 e. The number of thioether (sulfide) groups is 1. The highest BCUT2D eigenvalue weighted by molar-refractivity contribution is 8.13.